The molecule has 4 rings (SSSR count). The summed E-state index contributed by atoms with van der Waals surface area (Å²) in [4.78, 5) is 9.00. The van der Waals surface area contributed by atoms with Crippen LogP contribution in [0.3, 0.4) is 0 Å². The molecule has 0 spiro atoms. The second-order valence-corrected chi connectivity index (χ2v) is 10.0. The zero-order valence-corrected chi connectivity index (χ0v) is 19.0. The van der Waals surface area contributed by atoms with Crippen LogP contribution < -0.4 is 0 Å². The number of halogens is 2. The first kappa shape index (κ1) is 21.5. The van der Waals surface area contributed by atoms with Crippen LogP contribution >= 0.6 is 23.2 Å². The third-order valence-electron chi connectivity index (χ3n) is 4.83. The molecule has 2 aromatic carbocycles. The van der Waals surface area contributed by atoms with E-state index in [2.05, 4.69) is 4.98 Å². The van der Waals surface area contributed by atoms with E-state index >= 15 is 0 Å². The first-order valence-corrected chi connectivity index (χ1v) is 12.0. The summed E-state index contributed by atoms with van der Waals surface area (Å²) in [5, 5.41) is 5.68. The zero-order valence-electron chi connectivity index (χ0n) is 16.7. The lowest BCUT2D eigenvalue weighted by molar-refractivity contribution is 0.570. The summed E-state index contributed by atoms with van der Waals surface area (Å²) >= 11 is 12.5. The molecule has 1 unspecified atom stereocenters. The molecule has 6 nitrogen and oxygen atoms in total. The first-order chi connectivity index (χ1) is 14.7. The van der Waals surface area contributed by atoms with Gasteiger partial charge in [-0.25, -0.2) is 18.1 Å². The van der Waals surface area contributed by atoms with E-state index < -0.39 is 9.84 Å². The highest BCUT2D eigenvalue weighted by Gasteiger charge is 2.20. The molecule has 0 amide bonds. The molecular formula is C22H18Cl2N4O2S. The summed E-state index contributed by atoms with van der Waals surface area (Å²) in [6, 6.07) is 15.4. The zero-order chi connectivity index (χ0) is 22.2. The Balaban J connectivity index is 1.90. The molecule has 4 aromatic rings. The summed E-state index contributed by atoms with van der Waals surface area (Å²) in [6.45, 7) is 2.00. The van der Waals surface area contributed by atoms with Crippen LogP contribution in [-0.2, 0) is 9.84 Å². The summed E-state index contributed by atoms with van der Waals surface area (Å²) in [5.74, 6) is 0.964. The largest absolute Gasteiger partial charge is 0.265 e. The molecule has 2 aromatic heterocycles. The summed E-state index contributed by atoms with van der Waals surface area (Å²) in [5.41, 5.74) is 2.29. The van der Waals surface area contributed by atoms with Crippen LogP contribution in [0.4, 0.5) is 0 Å². The van der Waals surface area contributed by atoms with Crippen LogP contribution in [0, 0.1) is 0 Å². The van der Waals surface area contributed by atoms with Gasteiger partial charge < -0.3 is 0 Å². The summed E-state index contributed by atoms with van der Waals surface area (Å²) < 4.78 is 25.8. The Morgan fingerprint density at radius 1 is 0.935 bits per heavy atom. The molecule has 1 atom stereocenters. The molecule has 0 aliphatic carbocycles. The Hall–Kier alpha value is -2.74. The lowest BCUT2D eigenvalue weighted by Crippen LogP contribution is -2.10. The van der Waals surface area contributed by atoms with Crippen LogP contribution in [0.25, 0.3) is 22.8 Å². The molecule has 2 heterocycles. The van der Waals surface area contributed by atoms with E-state index in [1.165, 1.54) is 6.26 Å². The van der Waals surface area contributed by atoms with Gasteiger partial charge in [-0.1, -0.05) is 35.3 Å². The average molecular weight is 473 g/mol. The molecule has 0 saturated carbocycles. The average Bonchev–Trinajstić information content (AvgIpc) is 3.18. The summed E-state index contributed by atoms with van der Waals surface area (Å²) in [6.07, 6.45) is 4.60. The number of pyridine rings is 1. The highest BCUT2D eigenvalue weighted by Crippen LogP contribution is 2.31. The minimum Gasteiger partial charge on any atom is -0.265 e. The number of aromatic nitrogens is 4. The van der Waals surface area contributed by atoms with Crippen molar-refractivity contribution in [2.24, 2.45) is 0 Å². The molecule has 31 heavy (non-hydrogen) atoms. The van der Waals surface area contributed by atoms with Gasteiger partial charge in [0.25, 0.3) is 0 Å². The van der Waals surface area contributed by atoms with Gasteiger partial charge in [0.05, 0.1) is 10.9 Å². The molecule has 0 saturated heterocycles. The molecule has 0 bridgehead atoms. The van der Waals surface area contributed by atoms with E-state index in [0.717, 1.165) is 5.56 Å². The van der Waals surface area contributed by atoms with Gasteiger partial charge in [-0.15, -0.1) is 5.10 Å². The van der Waals surface area contributed by atoms with Crippen LogP contribution in [0.1, 0.15) is 18.5 Å². The van der Waals surface area contributed by atoms with Gasteiger partial charge in [-0.3, -0.25) is 4.98 Å². The highest BCUT2D eigenvalue weighted by molar-refractivity contribution is 7.90. The first-order valence-electron chi connectivity index (χ1n) is 9.36. The molecule has 158 valence electrons. The second kappa shape index (κ2) is 8.42. The lowest BCUT2D eigenvalue weighted by atomic mass is 10.1. The van der Waals surface area contributed by atoms with Crippen molar-refractivity contribution in [3.63, 3.8) is 0 Å². The third kappa shape index (κ3) is 4.63. The Labute approximate surface area is 190 Å². The quantitative estimate of drug-likeness (QED) is 0.392. The maximum atomic E-state index is 12.0. The topological polar surface area (TPSA) is 77.7 Å². The molecule has 0 aliphatic rings. The Morgan fingerprint density at radius 3 is 2.26 bits per heavy atom. The van der Waals surface area contributed by atoms with E-state index in [-0.39, 0.29) is 10.9 Å². The van der Waals surface area contributed by atoms with E-state index in [4.69, 9.17) is 33.3 Å². The van der Waals surface area contributed by atoms with Crippen molar-refractivity contribution >= 4 is 33.0 Å². The highest BCUT2D eigenvalue weighted by atomic mass is 35.5. The monoisotopic (exact) mass is 472 g/mol. The van der Waals surface area contributed by atoms with Gasteiger partial charge in [0.15, 0.2) is 21.5 Å². The van der Waals surface area contributed by atoms with Crippen molar-refractivity contribution in [1.82, 2.24) is 19.7 Å². The smallest absolute Gasteiger partial charge is 0.181 e. The lowest BCUT2D eigenvalue weighted by Gasteiger charge is -2.15. The third-order valence-corrected chi connectivity index (χ3v) is 6.37. The van der Waals surface area contributed by atoms with Crippen LogP contribution in [0.2, 0.25) is 10.0 Å². The number of sulfone groups is 1. The van der Waals surface area contributed by atoms with E-state index in [1.54, 1.807) is 59.5 Å². The fraction of sp³-hybridized carbons (Fsp3) is 0.136. The number of hydrogen-bond acceptors (Lipinski definition) is 5. The van der Waals surface area contributed by atoms with Crippen molar-refractivity contribution in [3.8, 4) is 22.8 Å². The fourth-order valence-corrected chi connectivity index (χ4v) is 4.44. The number of benzene rings is 2. The molecule has 0 aliphatic heterocycles. The number of rotatable bonds is 5. The van der Waals surface area contributed by atoms with Crippen molar-refractivity contribution in [2.75, 3.05) is 6.26 Å². The van der Waals surface area contributed by atoms with Crippen molar-refractivity contribution in [3.05, 3.63) is 82.6 Å². The Bertz CT molecular complexity index is 1330. The van der Waals surface area contributed by atoms with E-state index in [1.807, 2.05) is 19.1 Å². The minimum atomic E-state index is -3.36. The van der Waals surface area contributed by atoms with E-state index in [0.29, 0.717) is 32.8 Å². The molecule has 0 fully saturated rings. The van der Waals surface area contributed by atoms with E-state index in [9.17, 15) is 8.42 Å². The molecular weight excluding hydrogens is 455 g/mol. The Morgan fingerprint density at radius 2 is 1.61 bits per heavy atom. The van der Waals surface area contributed by atoms with Crippen LogP contribution in [0.5, 0.6) is 0 Å². The summed E-state index contributed by atoms with van der Waals surface area (Å²) in [7, 11) is -3.36. The fourth-order valence-electron chi connectivity index (χ4n) is 3.24. The van der Waals surface area contributed by atoms with Gasteiger partial charge in [0, 0.05) is 39.8 Å². The van der Waals surface area contributed by atoms with Crippen molar-refractivity contribution < 1.29 is 8.42 Å². The van der Waals surface area contributed by atoms with Crippen LogP contribution in [-0.4, -0.2) is 34.4 Å². The number of hydrogen-bond donors (Lipinski definition) is 0. The predicted octanol–water partition coefficient (Wildman–Crippen LogP) is 5.33. The molecule has 9 heteroatoms. The maximum absolute atomic E-state index is 12.0. The van der Waals surface area contributed by atoms with Gasteiger partial charge in [0.2, 0.25) is 0 Å². The van der Waals surface area contributed by atoms with Crippen molar-refractivity contribution in [2.45, 2.75) is 17.9 Å². The van der Waals surface area contributed by atoms with Gasteiger partial charge >= 0.3 is 0 Å². The standard InChI is InChI=1S/C22H18Cl2N4O2S/c1-14(15-6-8-25-9-7-15)28-22(17-10-18(23)13-19(24)11-17)26-21(27-28)16-4-3-5-20(12-16)31(2,29)30/h3-14H,1-2H3. The maximum Gasteiger partial charge on any atom is 0.181 e. The normalized spacial score (nSPS) is 12.6. The van der Waals surface area contributed by atoms with Crippen molar-refractivity contribution in [1.29, 1.82) is 0 Å². The molecule has 0 N–H and O–H groups in total. The SMILES string of the molecule is CC(c1ccncc1)n1nc(-c2cccc(S(C)(=O)=O)c2)nc1-c1cc(Cl)cc(Cl)c1. The van der Waals surface area contributed by atoms with Gasteiger partial charge in [0.1, 0.15) is 0 Å². The van der Waals surface area contributed by atoms with Crippen LogP contribution in [0.15, 0.2) is 71.9 Å². The predicted molar refractivity (Wildman–Crippen MR) is 122 cm³/mol. The molecule has 0 radical (unpaired) electrons. The van der Waals surface area contributed by atoms with Gasteiger partial charge in [-0.2, -0.15) is 0 Å². The number of nitrogens with zero attached hydrogens (tertiary/aromatic N) is 4. The van der Waals surface area contributed by atoms with Gasteiger partial charge in [-0.05, 0) is 55.0 Å². The Kier molecular flexibility index (Phi) is 5.83. The second-order valence-electron chi connectivity index (χ2n) is 7.12. The minimum absolute atomic E-state index is 0.171.